The molecule has 1 fully saturated rings. The molecule has 1 aliphatic rings. The van der Waals surface area contributed by atoms with Crippen molar-refractivity contribution in [3.63, 3.8) is 0 Å². The molecule has 0 radical (unpaired) electrons. The van der Waals surface area contributed by atoms with Crippen LogP contribution in [0.15, 0.2) is 30.5 Å². The zero-order chi connectivity index (χ0) is 21.2. The highest BCUT2D eigenvalue weighted by atomic mass is 31.2. The van der Waals surface area contributed by atoms with E-state index in [0.717, 1.165) is 37.4 Å². The Kier molecular flexibility index (Phi) is 6.19. The molecule has 2 aromatic rings. The second-order valence-corrected chi connectivity index (χ2v) is 10.9. The molecule has 3 rings (SSSR count). The van der Waals surface area contributed by atoms with Crippen molar-refractivity contribution in [1.29, 1.82) is 0 Å². The third kappa shape index (κ3) is 5.70. The van der Waals surface area contributed by atoms with E-state index in [1.807, 2.05) is 7.05 Å². The SMILES string of the molecule is CN1CCC(Nc2nc(Nc3ccc(P(C)(C)=O)cc3)ncc2C(F)(F)F)CC1. The first kappa shape index (κ1) is 21.6. The van der Waals surface area contributed by atoms with E-state index in [1.165, 1.54) is 0 Å². The van der Waals surface area contributed by atoms with Gasteiger partial charge in [-0.25, -0.2) is 4.98 Å². The Morgan fingerprint density at radius 3 is 2.31 bits per heavy atom. The summed E-state index contributed by atoms with van der Waals surface area (Å²) in [4.78, 5) is 10.1. The van der Waals surface area contributed by atoms with Gasteiger partial charge < -0.3 is 20.1 Å². The van der Waals surface area contributed by atoms with Crippen molar-refractivity contribution in [2.45, 2.75) is 25.1 Å². The quantitative estimate of drug-likeness (QED) is 0.704. The van der Waals surface area contributed by atoms with Gasteiger partial charge in [0.1, 0.15) is 18.5 Å². The van der Waals surface area contributed by atoms with Crippen molar-refractivity contribution in [2.24, 2.45) is 0 Å². The summed E-state index contributed by atoms with van der Waals surface area (Å²) >= 11 is 0. The fourth-order valence-electron chi connectivity index (χ4n) is 3.14. The fraction of sp³-hybridized carbons (Fsp3) is 0.474. The summed E-state index contributed by atoms with van der Waals surface area (Å²) in [5, 5.41) is 6.60. The monoisotopic (exact) mass is 427 g/mol. The Bertz CT molecular complexity index is 890. The molecule has 1 saturated heterocycles. The maximum atomic E-state index is 13.4. The van der Waals surface area contributed by atoms with E-state index >= 15 is 0 Å². The topological polar surface area (TPSA) is 70.2 Å². The van der Waals surface area contributed by atoms with Crippen LogP contribution in [0.1, 0.15) is 18.4 Å². The molecule has 2 heterocycles. The van der Waals surface area contributed by atoms with Crippen molar-refractivity contribution in [3.8, 4) is 0 Å². The number of piperidine rings is 1. The van der Waals surface area contributed by atoms with Gasteiger partial charge in [0.25, 0.3) is 0 Å². The van der Waals surface area contributed by atoms with E-state index in [4.69, 9.17) is 0 Å². The Labute approximate surface area is 168 Å². The van der Waals surface area contributed by atoms with Crippen molar-refractivity contribution >= 4 is 29.9 Å². The standard InChI is InChI=1S/C19H25F3N5OP/c1-27-10-8-14(9-11-27)24-17-16(19(20,21)22)12-23-18(26-17)25-13-4-6-15(7-5-13)29(2,3)28/h4-7,12,14H,8-11H2,1-3H3,(H2,23,24,25,26). The molecular formula is C19H25F3N5OP. The summed E-state index contributed by atoms with van der Waals surface area (Å²) in [7, 11) is -0.385. The lowest BCUT2D eigenvalue weighted by molar-refractivity contribution is -0.137. The van der Waals surface area contributed by atoms with Crippen molar-refractivity contribution in [1.82, 2.24) is 14.9 Å². The number of hydrogen-bond acceptors (Lipinski definition) is 6. The van der Waals surface area contributed by atoms with E-state index in [2.05, 4.69) is 25.5 Å². The van der Waals surface area contributed by atoms with Gasteiger partial charge in [0.2, 0.25) is 5.95 Å². The largest absolute Gasteiger partial charge is 0.421 e. The smallest absolute Gasteiger partial charge is 0.367 e. The summed E-state index contributed by atoms with van der Waals surface area (Å²) in [6.45, 7) is 4.99. The number of likely N-dealkylation sites (tertiary alicyclic amines) is 1. The van der Waals surface area contributed by atoms with E-state index in [9.17, 15) is 17.7 Å². The van der Waals surface area contributed by atoms with E-state index in [1.54, 1.807) is 37.6 Å². The Balaban J connectivity index is 1.82. The van der Waals surface area contributed by atoms with Crippen LogP contribution in [0.3, 0.4) is 0 Å². The molecule has 0 saturated carbocycles. The van der Waals surface area contributed by atoms with Gasteiger partial charge in [-0.3, -0.25) is 0 Å². The molecule has 1 aromatic carbocycles. The van der Waals surface area contributed by atoms with Crippen LogP contribution < -0.4 is 15.9 Å². The predicted molar refractivity (Wildman–Crippen MR) is 110 cm³/mol. The number of halogens is 3. The van der Waals surface area contributed by atoms with Crippen LogP contribution in [-0.4, -0.2) is 54.4 Å². The molecule has 0 aliphatic carbocycles. The lowest BCUT2D eigenvalue weighted by atomic mass is 10.1. The average molecular weight is 427 g/mol. The molecule has 10 heteroatoms. The highest BCUT2D eigenvalue weighted by molar-refractivity contribution is 7.70. The van der Waals surface area contributed by atoms with Gasteiger partial charge in [-0.2, -0.15) is 18.2 Å². The highest BCUT2D eigenvalue weighted by Crippen LogP contribution is 2.36. The molecule has 0 unspecified atom stereocenters. The van der Waals surface area contributed by atoms with Gasteiger partial charge in [-0.05, 0) is 70.6 Å². The summed E-state index contributed by atoms with van der Waals surface area (Å²) in [5.41, 5.74) is -0.276. The van der Waals surface area contributed by atoms with E-state index in [0.29, 0.717) is 5.69 Å². The third-order valence-corrected chi connectivity index (χ3v) is 6.44. The first-order chi connectivity index (χ1) is 13.5. The lowest BCUT2D eigenvalue weighted by Gasteiger charge is -2.30. The summed E-state index contributed by atoms with van der Waals surface area (Å²) in [6, 6.07) is 6.80. The average Bonchev–Trinajstić information content (AvgIpc) is 2.62. The van der Waals surface area contributed by atoms with Crippen molar-refractivity contribution in [2.75, 3.05) is 44.1 Å². The predicted octanol–water partition coefficient (Wildman–Crippen LogP) is 3.99. The Morgan fingerprint density at radius 1 is 1.14 bits per heavy atom. The first-order valence-corrected chi connectivity index (χ1v) is 11.9. The minimum absolute atomic E-state index is 0.0670. The Morgan fingerprint density at radius 2 is 1.76 bits per heavy atom. The second kappa shape index (κ2) is 8.32. The lowest BCUT2D eigenvalue weighted by Crippen LogP contribution is -2.37. The normalized spacial score (nSPS) is 16.6. The highest BCUT2D eigenvalue weighted by Gasteiger charge is 2.36. The maximum absolute atomic E-state index is 13.4. The first-order valence-electron chi connectivity index (χ1n) is 9.34. The molecule has 158 valence electrons. The van der Waals surface area contributed by atoms with Crippen LogP contribution in [-0.2, 0) is 10.7 Å². The molecule has 0 atom stereocenters. The summed E-state index contributed by atoms with van der Waals surface area (Å²) in [5.74, 6) is -0.148. The van der Waals surface area contributed by atoms with Crippen LogP contribution in [0.5, 0.6) is 0 Å². The maximum Gasteiger partial charge on any atom is 0.421 e. The van der Waals surface area contributed by atoms with Crippen LogP contribution in [0.4, 0.5) is 30.6 Å². The number of anilines is 3. The molecular weight excluding hydrogens is 402 g/mol. The summed E-state index contributed by atoms with van der Waals surface area (Å²) in [6.07, 6.45) is -2.25. The zero-order valence-electron chi connectivity index (χ0n) is 16.6. The van der Waals surface area contributed by atoms with Gasteiger partial charge in [0.15, 0.2) is 0 Å². The second-order valence-electron chi connectivity index (χ2n) is 7.70. The minimum atomic E-state index is -4.54. The Hall–Kier alpha value is -2.12. The molecule has 1 aliphatic heterocycles. The van der Waals surface area contributed by atoms with E-state index in [-0.39, 0.29) is 17.8 Å². The number of rotatable bonds is 5. The summed E-state index contributed by atoms with van der Waals surface area (Å²) < 4.78 is 52.3. The molecule has 0 spiro atoms. The number of hydrogen-bond donors (Lipinski definition) is 2. The number of alkyl halides is 3. The van der Waals surface area contributed by atoms with Crippen LogP contribution in [0.25, 0.3) is 0 Å². The molecule has 6 nitrogen and oxygen atoms in total. The molecule has 0 amide bonds. The van der Waals surface area contributed by atoms with E-state index < -0.39 is 18.9 Å². The third-order valence-electron chi connectivity index (χ3n) is 4.90. The zero-order valence-corrected chi connectivity index (χ0v) is 17.5. The van der Waals surface area contributed by atoms with Gasteiger partial charge in [-0.15, -0.1) is 0 Å². The minimum Gasteiger partial charge on any atom is -0.367 e. The molecule has 1 aromatic heterocycles. The number of nitrogens with one attached hydrogen (secondary N) is 2. The van der Waals surface area contributed by atoms with Gasteiger partial charge in [-0.1, -0.05) is 0 Å². The van der Waals surface area contributed by atoms with Gasteiger partial charge >= 0.3 is 6.18 Å². The number of aromatic nitrogens is 2. The van der Waals surface area contributed by atoms with Crippen LogP contribution in [0.2, 0.25) is 0 Å². The molecule has 29 heavy (non-hydrogen) atoms. The van der Waals surface area contributed by atoms with Crippen LogP contribution in [0, 0.1) is 0 Å². The fourth-order valence-corrected chi connectivity index (χ4v) is 4.01. The van der Waals surface area contributed by atoms with Crippen LogP contribution >= 0.6 is 7.14 Å². The molecule has 0 bridgehead atoms. The van der Waals surface area contributed by atoms with Crippen molar-refractivity contribution < 1.29 is 17.7 Å². The van der Waals surface area contributed by atoms with Gasteiger partial charge in [0, 0.05) is 23.2 Å². The number of benzene rings is 1. The molecule has 2 N–H and O–H groups in total. The van der Waals surface area contributed by atoms with Crippen molar-refractivity contribution in [3.05, 3.63) is 36.0 Å². The number of nitrogens with zero attached hydrogens (tertiary/aromatic N) is 3. The van der Waals surface area contributed by atoms with Gasteiger partial charge in [0.05, 0.1) is 0 Å².